The monoisotopic (exact) mass is 412 g/mol. The summed E-state index contributed by atoms with van der Waals surface area (Å²) < 4.78 is 5.49. The number of aryl methyl sites for hydroxylation is 2. The molecule has 0 atom stereocenters. The van der Waals surface area contributed by atoms with Crippen LogP contribution < -0.4 is 15.1 Å². The van der Waals surface area contributed by atoms with Crippen LogP contribution in [0, 0.1) is 13.8 Å². The molecule has 6 nitrogen and oxygen atoms in total. The van der Waals surface area contributed by atoms with Crippen LogP contribution in [-0.4, -0.2) is 50.4 Å². The van der Waals surface area contributed by atoms with Crippen LogP contribution in [0.3, 0.4) is 0 Å². The lowest BCUT2D eigenvalue weighted by Gasteiger charge is -2.23. The molecule has 0 amide bonds. The lowest BCUT2D eigenvalue weighted by molar-refractivity contribution is -0.922. The number of morpholine rings is 1. The second-order valence-electron chi connectivity index (χ2n) is 7.91. The molecule has 4 rings (SSSR count). The maximum absolute atomic E-state index is 5.49. The van der Waals surface area contributed by atoms with E-state index in [9.17, 15) is 0 Å². The molecule has 0 radical (unpaired) electrons. The number of benzene rings is 1. The summed E-state index contributed by atoms with van der Waals surface area (Å²) in [7, 11) is 4.12. The molecule has 7 heteroatoms. The van der Waals surface area contributed by atoms with E-state index in [-0.39, 0.29) is 0 Å². The first-order valence-electron chi connectivity index (χ1n) is 10.2. The van der Waals surface area contributed by atoms with Crippen molar-refractivity contribution < 1.29 is 9.64 Å². The molecule has 1 aromatic carbocycles. The molecular weight excluding hydrogens is 382 g/mol. The van der Waals surface area contributed by atoms with Gasteiger partial charge >= 0.3 is 0 Å². The molecule has 0 bridgehead atoms. The Morgan fingerprint density at radius 1 is 1.10 bits per heavy atom. The Kier molecular flexibility index (Phi) is 5.99. The van der Waals surface area contributed by atoms with E-state index >= 15 is 0 Å². The van der Waals surface area contributed by atoms with Gasteiger partial charge in [-0.1, -0.05) is 12.1 Å². The summed E-state index contributed by atoms with van der Waals surface area (Å²) in [5, 5.41) is 4.76. The second kappa shape index (κ2) is 8.65. The minimum absolute atomic E-state index is 0.748. The topological polar surface area (TPSA) is 54.7 Å². The van der Waals surface area contributed by atoms with E-state index in [0.29, 0.717) is 0 Å². The average molecular weight is 413 g/mol. The van der Waals surface area contributed by atoms with Crippen LogP contribution in [0.2, 0.25) is 0 Å². The van der Waals surface area contributed by atoms with Gasteiger partial charge in [-0.25, -0.2) is 9.97 Å². The van der Waals surface area contributed by atoms with Gasteiger partial charge < -0.3 is 19.9 Å². The predicted octanol–water partition coefficient (Wildman–Crippen LogP) is 2.40. The summed E-state index contributed by atoms with van der Waals surface area (Å²) >= 11 is 1.77. The number of rotatable bonds is 6. The highest BCUT2D eigenvalue weighted by atomic mass is 32.1. The van der Waals surface area contributed by atoms with E-state index in [4.69, 9.17) is 14.7 Å². The number of hydrogen-bond acceptors (Lipinski definition) is 6. The van der Waals surface area contributed by atoms with Crippen molar-refractivity contribution in [1.29, 1.82) is 0 Å². The van der Waals surface area contributed by atoms with Crippen molar-refractivity contribution in [3.63, 3.8) is 0 Å². The van der Waals surface area contributed by atoms with E-state index in [1.165, 1.54) is 26.6 Å². The first kappa shape index (κ1) is 20.1. The fourth-order valence-electron chi connectivity index (χ4n) is 3.66. The Morgan fingerprint density at radius 2 is 1.83 bits per heavy atom. The summed E-state index contributed by atoms with van der Waals surface area (Å²) in [6.07, 6.45) is 0. The third-order valence-electron chi connectivity index (χ3n) is 5.60. The van der Waals surface area contributed by atoms with Crippen LogP contribution >= 0.6 is 11.3 Å². The normalized spacial score (nSPS) is 15.0. The third-order valence-corrected chi connectivity index (χ3v) is 6.70. The van der Waals surface area contributed by atoms with E-state index in [2.05, 4.69) is 62.4 Å². The number of fused-ring (bicyclic) bond motifs is 1. The Bertz CT molecular complexity index is 977. The van der Waals surface area contributed by atoms with Crippen molar-refractivity contribution in [3.8, 4) is 0 Å². The number of ether oxygens (including phenoxy) is 1. The van der Waals surface area contributed by atoms with Crippen LogP contribution in [0.15, 0.2) is 24.3 Å². The zero-order chi connectivity index (χ0) is 20.4. The number of nitrogens with zero attached hydrogens (tertiary/aromatic N) is 3. The van der Waals surface area contributed by atoms with Crippen LogP contribution in [0.5, 0.6) is 0 Å². The van der Waals surface area contributed by atoms with E-state index in [1.54, 1.807) is 11.3 Å². The maximum Gasteiger partial charge on any atom is 0.187 e. The van der Waals surface area contributed by atoms with Crippen molar-refractivity contribution in [2.24, 2.45) is 0 Å². The molecule has 2 aromatic heterocycles. The smallest absolute Gasteiger partial charge is 0.187 e. The molecule has 0 saturated carbocycles. The standard InChI is InChI=1S/C22H29N5OS/c1-15-16(2)29-22-20(15)21(23-13-17-5-7-18(8-6-17)26(3)4)24-19(25-22)14-27-9-11-28-12-10-27/h5-8H,9-14H2,1-4H3,(H,23,24,25)/p+1. The fourth-order valence-corrected chi connectivity index (χ4v) is 4.71. The largest absolute Gasteiger partial charge is 0.378 e. The number of hydrogen-bond donors (Lipinski definition) is 2. The molecule has 3 aromatic rings. The summed E-state index contributed by atoms with van der Waals surface area (Å²) in [6.45, 7) is 9.61. The highest BCUT2D eigenvalue weighted by Crippen LogP contribution is 2.33. The van der Waals surface area contributed by atoms with Crippen LogP contribution in [-0.2, 0) is 17.8 Å². The van der Waals surface area contributed by atoms with Gasteiger partial charge in [0, 0.05) is 31.2 Å². The van der Waals surface area contributed by atoms with Gasteiger partial charge in [0.05, 0.1) is 18.6 Å². The van der Waals surface area contributed by atoms with Gasteiger partial charge in [-0.15, -0.1) is 11.3 Å². The molecule has 1 saturated heterocycles. The third kappa shape index (κ3) is 4.52. The minimum Gasteiger partial charge on any atom is -0.378 e. The molecule has 154 valence electrons. The van der Waals surface area contributed by atoms with Crippen molar-refractivity contribution >= 4 is 33.1 Å². The van der Waals surface area contributed by atoms with Crippen molar-refractivity contribution in [2.45, 2.75) is 26.9 Å². The van der Waals surface area contributed by atoms with E-state index < -0.39 is 0 Å². The molecule has 3 heterocycles. The van der Waals surface area contributed by atoms with Crippen LogP contribution in [0.1, 0.15) is 21.8 Å². The Hall–Kier alpha value is -2.22. The second-order valence-corrected chi connectivity index (χ2v) is 9.11. The summed E-state index contributed by atoms with van der Waals surface area (Å²) in [5.74, 6) is 1.87. The number of aromatic nitrogens is 2. The first-order valence-corrected chi connectivity index (χ1v) is 11.0. The number of anilines is 2. The van der Waals surface area contributed by atoms with E-state index in [0.717, 1.165) is 61.3 Å². The predicted molar refractivity (Wildman–Crippen MR) is 120 cm³/mol. The summed E-state index contributed by atoms with van der Waals surface area (Å²) in [6, 6.07) is 8.65. The van der Waals surface area contributed by atoms with Crippen molar-refractivity contribution in [3.05, 3.63) is 46.1 Å². The molecule has 0 unspecified atom stereocenters. The molecular formula is C22H30N5OS+. The van der Waals surface area contributed by atoms with Gasteiger partial charge in [0.15, 0.2) is 5.82 Å². The summed E-state index contributed by atoms with van der Waals surface area (Å²) in [4.78, 5) is 15.8. The lowest BCUT2D eigenvalue weighted by atomic mass is 10.2. The van der Waals surface area contributed by atoms with Crippen molar-refractivity contribution in [1.82, 2.24) is 9.97 Å². The van der Waals surface area contributed by atoms with Gasteiger partial charge in [0.1, 0.15) is 30.3 Å². The lowest BCUT2D eigenvalue weighted by Crippen LogP contribution is -3.12. The van der Waals surface area contributed by atoms with Gasteiger partial charge in [-0.2, -0.15) is 0 Å². The van der Waals surface area contributed by atoms with Gasteiger partial charge in [-0.05, 0) is 37.1 Å². The highest BCUT2D eigenvalue weighted by molar-refractivity contribution is 7.18. The van der Waals surface area contributed by atoms with Crippen molar-refractivity contribution in [2.75, 3.05) is 50.6 Å². The molecule has 1 aliphatic heterocycles. The molecule has 1 fully saturated rings. The van der Waals surface area contributed by atoms with Gasteiger partial charge in [-0.3, -0.25) is 0 Å². The fraction of sp³-hybridized carbons (Fsp3) is 0.455. The SMILES string of the molecule is Cc1sc2nc(C[NH+]3CCOCC3)nc(NCc3ccc(N(C)C)cc3)c2c1C. The number of quaternary nitrogens is 1. The Balaban J connectivity index is 1.58. The maximum atomic E-state index is 5.49. The molecule has 0 spiro atoms. The minimum atomic E-state index is 0.748. The van der Waals surface area contributed by atoms with Crippen LogP contribution in [0.25, 0.3) is 10.2 Å². The molecule has 1 aliphatic rings. The quantitative estimate of drug-likeness (QED) is 0.651. The molecule has 2 N–H and O–H groups in total. The Labute approximate surface area is 176 Å². The van der Waals surface area contributed by atoms with E-state index in [1.807, 2.05) is 0 Å². The van der Waals surface area contributed by atoms with Gasteiger partial charge in [0.25, 0.3) is 0 Å². The summed E-state index contributed by atoms with van der Waals surface area (Å²) in [5.41, 5.74) is 3.73. The zero-order valence-electron chi connectivity index (χ0n) is 17.7. The molecule has 29 heavy (non-hydrogen) atoms. The molecule has 0 aliphatic carbocycles. The highest BCUT2D eigenvalue weighted by Gasteiger charge is 2.19. The Morgan fingerprint density at radius 3 is 2.52 bits per heavy atom. The average Bonchev–Trinajstić information content (AvgIpc) is 3.01. The zero-order valence-corrected chi connectivity index (χ0v) is 18.5. The first-order chi connectivity index (χ1) is 14.0. The van der Waals surface area contributed by atoms with Crippen LogP contribution in [0.4, 0.5) is 11.5 Å². The number of nitrogens with one attached hydrogen (secondary N) is 2. The van der Waals surface area contributed by atoms with Gasteiger partial charge in [0.2, 0.25) is 0 Å². The number of thiophene rings is 1.